The van der Waals surface area contributed by atoms with Gasteiger partial charge >= 0.3 is 6.03 Å². The highest BCUT2D eigenvalue weighted by atomic mass is 16.2. The van der Waals surface area contributed by atoms with Gasteiger partial charge in [-0.3, -0.25) is 10.1 Å². The van der Waals surface area contributed by atoms with Crippen molar-refractivity contribution in [1.82, 2.24) is 20.2 Å². The van der Waals surface area contributed by atoms with Gasteiger partial charge in [0.2, 0.25) is 5.91 Å². The number of amides is 3. The summed E-state index contributed by atoms with van der Waals surface area (Å²) in [5.74, 6) is 0.815. The Morgan fingerprint density at radius 3 is 2.74 bits per heavy atom. The minimum Gasteiger partial charge on any atom is -0.350 e. The summed E-state index contributed by atoms with van der Waals surface area (Å²) < 4.78 is 0. The molecule has 0 bridgehead atoms. The third-order valence-corrected chi connectivity index (χ3v) is 3.28. The van der Waals surface area contributed by atoms with Crippen molar-refractivity contribution in [2.75, 3.05) is 18.4 Å². The van der Waals surface area contributed by atoms with Crippen LogP contribution in [0.4, 0.5) is 10.6 Å². The van der Waals surface area contributed by atoms with Crippen LogP contribution in [-0.4, -0.2) is 45.9 Å². The molecular weight excluding hydrogens is 246 g/mol. The predicted molar refractivity (Wildman–Crippen MR) is 67.3 cm³/mol. The lowest BCUT2D eigenvalue weighted by atomic mass is 10.1. The van der Waals surface area contributed by atoms with Crippen molar-refractivity contribution >= 4 is 17.8 Å². The summed E-state index contributed by atoms with van der Waals surface area (Å²) in [5.41, 5.74) is 0. The first-order valence-corrected chi connectivity index (χ1v) is 6.34. The van der Waals surface area contributed by atoms with E-state index in [1.165, 1.54) is 6.33 Å². The average Bonchev–Trinajstić information content (AvgIpc) is 3.18. The predicted octanol–water partition coefficient (Wildman–Crippen LogP) is 0.219. The van der Waals surface area contributed by atoms with E-state index in [4.69, 9.17) is 0 Å². The van der Waals surface area contributed by atoms with E-state index >= 15 is 0 Å². The maximum absolute atomic E-state index is 11.8. The molecular formula is C12H15N5O2. The Labute approximate surface area is 110 Å². The van der Waals surface area contributed by atoms with E-state index in [0.717, 1.165) is 12.8 Å². The second-order valence-corrected chi connectivity index (χ2v) is 4.91. The number of hydrogen-bond acceptors (Lipinski definition) is 4. The molecule has 1 saturated carbocycles. The fourth-order valence-electron chi connectivity index (χ4n) is 1.95. The summed E-state index contributed by atoms with van der Waals surface area (Å²) in [7, 11) is 0. The van der Waals surface area contributed by atoms with E-state index in [-0.39, 0.29) is 23.9 Å². The van der Waals surface area contributed by atoms with Crippen LogP contribution < -0.4 is 10.6 Å². The van der Waals surface area contributed by atoms with E-state index in [1.807, 2.05) is 0 Å². The third-order valence-electron chi connectivity index (χ3n) is 3.28. The number of carbonyl (C=O) groups is 2. The number of carbonyl (C=O) groups excluding carboxylic acids is 2. The summed E-state index contributed by atoms with van der Waals surface area (Å²) in [6.45, 7) is 1.10. The molecule has 0 atom stereocenters. The quantitative estimate of drug-likeness (QED) is 0.814. The van der Waals surface area contributed by atoms with Crippen molar-refractivity contribution in [2.45, 2.75) is 18.9 Å². The molecule has 2 fully saturated rings. The van der Waals surface area contributed by atoms with Crippen molar-refractivity contribution in [2.24, 2.45) is 5.92 Å². The molecule has 7 heteroatoms. The molecule has 2 aliphatic rings. The van der Waals surface area contributed by atoms with E-state index < -0.39 is 0 Å². The van der Waals surface area contributed by atoms with Crippen molar-refractivity contribution in [3.63, 3.8) is 0 Å². The molecule has 1 aromatic heterocycles. The van der Waals surface area contributed by atoms with E-state index in [2.05, 4.69) is 20.6 Å². The summed E-state index contributed by atoms with van der Waals surface area (Å²) in [6, 6.07) is 1.52. The van der Waals surface area contributed by atoms with Crippen molar-refractivity contribution < 1.29 is 9.59 Å². The first-order valence-electron chi connectivity index (χ1n) is 6.34. The molecule has 1 saturated heterocycles. The van der Waals surface area contributed by atoms with Crippen molar-refractivity contribution in [3.8, 4) is 0 Å². The molecule has 19 heavy (non-hydrogen) atoms. The van der Waals surface area contributed by atoms with Crippen LogP contribution in [0.1, 0.15) is 12.8 Å². The van der Waals surface area contributed by atoms with Gasteiger partial charge in [-0.2, -0.15) is 0 Å². The van der Waals surface area contributed by atoms with Gasteiger partial charge in [-0.25, -0.2) is 14.8 Å². The van der Waals surface area contributed by atoms with Crippen LogP contribution in [0, 0.1) is 5.92 Å². The number of likely N-dealkylation sites (tertiary alicyclic amines) is 1. The highest BCUT2D eigenvalue weighted by Gasteiger charge is 2.36. The molecule has 2 heterocycles. The summed E-state index contributed by atoms with van der Waals surface area (Å²) in [5, 5.41) is 5.62. The molecule has 0 radical (unpaired) electrons. The standard InChI is InChI=1S/C12H15N5O2/c18-11(8-1-2-8)15-9-5-17(6-9)12(19)16-10-3-4-13-7-14-10/h3-4,7-9H,1-2,5-6H2,(H,15,18)(H,13,14,16,19). The largest absolute Gasteiger partial charge is 0.350 e. The molecule has 0 unspecified atom stereocenters. The van der Waals surface area contributed by atoms with Gasteiger partial charge in [0.05, 0.1) is 6.04 Å². The Hall–Kier alpha value is -2.18. The Morgan fingerprint density at radius 1 is 1.32 bits per heavy atom. The molecule has 2 N–H and O–H groups in total. The first-order chi connectivity index (χ1) is 9.22. The third kappa shape index (κ3) is 2.81. The summed E-state index contributed by atoms with van der Waals surface area (Å²) in [6.07, 6.45) is 4.94. The minimum atomic E-state index is -0.198. The second kappa shape index (κ2) is 4.83. The molecule has 3 amide bonds. The molecule has 100 valence electrons. The highest BCUT2D eigenvalue weighted by molar-refractivity contribution is 5.89. The number of rotatable bonds is 3. The smallest absolute Gasteiger partial charge is 0.323 e. The Bertz CT molecular complexity index is 482. The zero-order valence-electron chi connectivity index (χ0n) is 10.4. The van der Waals surface area contributed by atoms with Gasteiger partial charge in [0.1, 0.15) is 12.1 Å². The maximum atomic E-state index is 11.8. The zero-order chi connectivity index (χ0) is 13.2. The fraction of sp³-hybridized carbons (Fsp3) is 0.500. The lowest BCUT2D eigenvalue weighted by molar-refractivity contribution is -0.123. The van der Waals surface area contributed by atoms with Gasteiger partial charge in [-0.15, -0.1) is 0 Å². The first kappa shape index (κ1) is 11.9. The summed E-state index contributed by atoms with van der Waals surface area (Å²) >= 11 is 0. The normalized spacial score (nSPS) is 18.6. The highest BCUT2D eigenvalue weighted by Crippen LogP contribution is 2.29. The minimum absolute atomic E-state index is 0.0873. The Morgan fingerprint density at radius 2 is 2.11 bits per heavy atom. The van der Waals surface area contributed by atoms with E-state index in [0.29, 0.717) is 18.9 Å². The number of nitrogens with zero attached hydrogens (tertiary/aromatic N) is 3. The van der Waals surface area contributed by atoms with Crippen LogP contribution in [0.25, 0.3) is 0 Å². The molecule has 1 aliphatic heterocycles. The van der Waals surface area contributed by atoms with Gasteiger partial charge in [-0.05, 0) is 18.9 Å². The van der Waals surface area contributed by atoms with Crippen LogP contribution in [0.5, 0.6) is 0 Å². The van der Waals surface area contributed by atoms with Crippen LogP contribution in [-0.2, 0) is 4.79 Å². The number of hydrogen-bond donors (Lipinski definition) is 2. The van der Waals surface area contributed by atoms with Gasteiger partial charge < -0.3 is 10.2 Å². The second-order valence-electron chi connectivity index (χ2n) is 4.91. The SMILES string of the molecule is O=C(NC1CN(C(=O)Nc2ccncn2)C1)C1CC1. The molecule has 0 spiro atoms. The number of urea groups is 1. The van der Waals surface area contributed by atoms with Crippen LogP contribution >= 0.6 is 0 Å². The van der Waals surface area contributed by atoms with Crippen LogP contribution in [0.15, 0.2) is 18.6 Å². The van der Waals surface area contributed by atoms with Crippen molar-refractivity contribution in [1.29, 1.82) is 0 Å². The van der Waals surface area contributed by atoms with Gasteiger partial charge in [-0.1, -0.05) is 0 Å². The zero-order valence-corrected chi connectivity index (χ0v) is 10.4. The van der Waals surface area contributed by atoms with Gasteiger partial charge in [0.15, 0.2) is 0 Å². The molecule has 7 nitrogen and oxygen atoms in total. The number of anilines is 1. The number of aromatic nitrogens is 2. The van der Waals surface area contributed by atoms with Crippen LogP contribution in [0.2, 0.25) is 0 Å². The van der Waals surface area contributed by atoms with E-state index in [1.54, 1.807) is 17.2 Å². The van der Waals surface area contributed by atoms with E-state index in [9.17, 15) is 9.59 Å². The van der Waals surface area contributed by atoms with Gasteiger partial charge in [0.25, 0.3) is 0 Å². The maximum Gasteiger partial charge on any atom is 0.323 e. The Balaban J connectivity index is 1.42. The lowest BCUT2D eigenvalue weighted by Gasteiger charge is -2.39. The molecule has 3 rings (SSSR count). The average molecular weight is 261 g/mol. The topological polar surface area (TPSA) is 87.2 Å². The number of nitrogens with one attached hydrogen (secondary N) is 2. The Kier molecular flexibility index (Phi) is 3.02. The monoisotopic (exact) mass is 261 g/mol. The van der Waals surface area contributed by atoms with Gasteiger partial charge in [0, 0.05) is 25.2 Å². The lowest BCUT2D eigenvalue weighted by Crippen LogP contribution is -2.62. The fourth-order valence-corrected chi connectivity index (χ4v) is 1.95. The van der Waals surface area contributed by atoms with Crippen molar-refractivity contribution in [3.05, 3.63) is 18.6 Å². The van der Waals surface area contributed by atoms with Crippen LogP contribution in [0.3, 0.4) is 0 Å². The molecule has 0 aromatic carbocycles. The molecule has 1 aromatic rings. The molecule has 1 aliphatic carbocycles. The summed E-state index contributed by atoms with van der Waals surface area (Å²) in [4.78, 5) is 32.7.